The number of carbonyl (C=O) groups excluding carboxylic acids is 2. The van der Waals surface area contributed by atoms with Gasteiger partial charge in [0.05, 0.1) is 12.5 Å². The van der Waals surface area contributed by atoms with E-state index in [1.54, 1.807) is 12.0 Å². The molecule has 1 atom stereocenters. The Labute approximate surface area is 155 Å². The van der Waals surface area contributed by atoms with Crippen molar-refractivity contribution in [3.05, 3.63) is 29.3 Å². The summed E-state index contributed by atoms with van der Waals surface area (Å²) in [4.78, 5) is 30.9. The van der Waals surface area contributed by atoms with Crippen molar-refractivity contribution in [3.8, 4) is 0 Å². The zero-order valence-corrected chi connectivity index (χ0v) is 16.0. The van der Waals surface area contributed by atoms with E-state index in [0.717, 1.165) is 26.2 Å². The summed E-state index contributed by atoms with van der Waals surface area (Å²) >= 11 is 0. The normalized spacial score (nSPS) is 20.8. The van der Waals surface area contributed by atoms with Gasteiger partial charge in [-0.05, 0) is 31.0 Å². The third-order valence-corrected chi connectivity index (χ3v) is 5.64. The van der Waals surface area contributed by atoms with Crippen LogP contribution in [-0.4, -0.2) is 74.6 Å². The molecule has 0 N–H and O–H groups in total. The van der Waals surface area contributed by atoms with Gasteiger partial charge in [0.25, 0.3) is 0 Å². The van der Waals surface area contributed by atoms with E-state index in [1.165, 1.54) is 16.8 Å². The van der Waals surface area contributed by atoms with Crippen LogP contribution in [0.15, 0.2) is 18.2 Å². The Kier molecular flexibility index (Phi) is 5.81. The SMILES string of the molecule is COCCN1CC(C(=O)N2CCN(c3cccc(C)c3C)CC2)CC1=O. The Bertz CT molecular complexity index is 668. The molecule has 1 aromatic rings. The summed E-state index contributed by atoms with van der Waals surface area (Å²) in [5, 5.41) is 0. The van der Waals surface area contributed by atoms with Gasteiger partial charge in [0.15, 0.2) is 0 Å². The Morgan fingerprint density at radius 3 is 2.62 bits per heavy atom. The topological polar surface area (TPSA) is 53.1 Å². The lowest BCUT2D eigenvalue weighted by atomic mass is 10.1. The molecule has 1 unspecified atom stereocenters. The second kappa shape index (κ2) is 8.08. The smallest absolute Gasteiger partial charge is 0.228 e. The van der Waals surface area contributed by atoms with Gasteiger partial charge in [0.2, 0.25) is 11.8 Å². The highest BCUT2D eigenvalue weighted by molar-refractivity contribution is 5.89. The van der Waals surface area contributed by atoms with E-state index in [4.69, 9.17) is 4.74 Å². The molecule has 0 aliphatic carbocycles. The first-order valence-electron chi connectivity index (χ1n) is 9.38. The second-order valence-electron chi connectivity index (χ2n) is 7.26. The lowest BCUT2D eigenvalue weighted by Crippen LogP contribution is -2.51. The number of ether oxygens (including phenoxy) is 1. The van der Waals surface area contributed by atoms with Crippen LogP contribution >= 0.6 is 0 Å². The molecule has 2 heterocycles. The van der Waals surface area contributed by atoms with Crippen LogP contribution in [0.2, 0.25) is 0 Å². The maximum absolute atomic E-state index is 12.8. The highest BCUT2D eigenvalue weighted by atomic mass is 16.5. The summed E-state index contributed by atoms with van der Waals surface area (Å²) in [5.41, 5.74) is 3.86. The van der Waals surface area contributed by atoms with Gasteiger partial charge in [-0.1, -0.05) is 12.1 Å². The number of carbonyl (C=O) groups is 2. The number of anilines is 1. The summed E-state index contributed by atoms with van der Waals surface area (Å²) in [6.07, 6.45) is 0.333. The quantitative estimate of drug-likeness (QED) is 0.798. The number of likely N-dealkylation sites (tertiary alicyclic amines) is 1. The van der Waals surface area contributed by atoms with E-state index in [0.29, 0.717) is 26.1 Å². The second-order valence-corrected chi connectivity index (χ2v) is 7.26. The van der Waals surface area contributed by atoms with Crippen LogP contribution < -0.4 is 4.90 Å². The number of aryl methyl sites for hydroxylation is 1. The lowest BCUT2D eigenvalue weighted by molar-refractivity contribution is -0.136. The minimum atomic E-state index is -0.202. The van der Waals surface area contributed by atoms with Gasteiger partial charge in [0.1, 0.15) is 0 Å². The van der Waals surface area contributed by atoms with Crippen molar-refractivity contribution in [2.45, 2.75) is 20.3 Å². The van der Waals surface area contributed by atoms with Gasteiger partial charge in [-0.15, -0.1) is 0 Å². The van der Waals surface area contributed by atoms with Gasteiger partial charge in [-0.25, -0.2) is 0 Å². The molecule has 0 bridgehead atoms. The summed E-state index contributed by atoms with van der Waals surface area (Å²) in [6, 6.07) is 6.38. The molecule has 26 heavy (non-hydrogen) atoms. The molecular weight excluding hydrogens is 330 g/mol. The maximum Gasteiger partial charge on any atom is 0.228 e. The molecule has 2 saturated heterocycles. The minimum Gasteiger partial charge on any atom is -0.383 e. The predicted molar refractivity (Wildman–Crippen MR) is 101 cm³/mol. The molecule has 0 saturated carbocycles. The highest BCUT2D eigenvalue weighted by Crippen LogP contribution is 2.25. The van der Waals surface area contributed by atoms with Crippen LogP contribution in [0.25, 0.3) is 0 Å². The minimum absolute atomic E-state index is 0.0643. The van der Waals surface area contributed by atoms with Crippen molar-refractivity contribution in [1.82, 2.24) is 9.80 Å². The Hall–Kier alpha value is -2.08. The zero-order valence-electron chi connectivity index (χ0n) is 16.0. The van der Waals surface area contributed by atoms with Crippen molar-refractivity contribution in [3.63, 3.8) is 0 Å². The first kappa shape index (κ1) is 18.7. The average molecular weight is 359 g/mol. The van der Waals surface area contributed by atoms with E-state index < -0.39 is 0 Å². The monoisotopic (exact) mass is 359 g/mol. The van der Waals surface area contributed by atoms with Crippen molar-refractivity contribution < 1.29 is 14.3 Å². The summed E-state index contributed by atoms with van der Waals surface area (Å²) in [7, 11) is 1.62. The number of rotatable bonds is 5. The van der Waals surface area contributed by atoms with E-state index >= 15 is 0 Å². The van der Waals surface area contributed by atoms with Crippen molar-refractivity contribution in [2.75, 3.05) is 57.9 Å². The van der Waals surface area contributed by atoms with Crippen molar-refractivity contribution in [2.24, 2.45) is 5.92 Å². The van der Waals surface area contributed by atoms with Gasteiger partial charge in [-0.2, -0.15) is 0 Å². The number of amides is 2. The van der Waals surface area contributed by atoms with Crippen LogP contribution in [0.1, 0.15) is 17.5 Å². The standard InChI is InChI=1S/C20H29N3O3/c1-15-5-4-6-18(16(15)2)21-7-9-22(10-8-21)20(25)17-13-19(24)23(14-17)11-12-26-3/h4-6,17H,7-14H2,1-3H3. The van der Waals surface area contributed by atoms with E-state index in [2.05, 4.69) is 36.9 Å². The predicted octanol–water partition coefficient (Wildman–Crippen LogP) is 1.45. The highest BCUT2D eigenvalue weighted by Gasteiger charge is 2.37. The molecule has 0 spiro atoms. The zero-order chi connectivity index (χ0) is 18.7. The Morgan fingerprint density at radius 1 is 1.19 bits per heavy atom. The number of hydrogen-bond acceptors (Lipinski definition) is 4. The largest absolute Gasteiger partial charge is 0.383 e. The fraction of sp³-hybridized carbons (Fsp3) is 0.600. The van der Waals surface area contributed by atoms with Gasteiger partial charge in [0, 0.05) is 58.5 Å². The van der Waals surface area contributed by atoms with Gasteiger partial charge >= 0.3 is 0 Å². The first-order valence-corrected chi connectivity index (χ1v) is 9.38. The number of piperazine rings is 1. The summed E-state index contributed by atoms with van der Waals surface area (Å²) in [6.45, 7) is 9.00. The molecule has 2 fully saturated rings. The molecule has 2 aliphatic heterocycles. The third-order valence-electron chi connectivity index (χ3n) is 5.64. The van der Waals surface area contributed by atoms with Crippen molar-refractivity contribution >= 4 is 17.5 Å². The molecule has 3 rings (SSSR count). The lowest BCUT2D eigenvalue weighted by Gasteiger charge is -2.38. The molecule has 1 aromatic carbocycles. The molecule has 6 nitrogen and oxygen atoms in total. The third kappa shape index (κ3) is 3.85. The molecule has 142 valence electrons. The molecule has 0 aromatic heterocycles. The molecule has 6 heteroatoms. The number of hydrogen-bond donors (Lipinski definition) is 0. The average Bonchev–Trinajstić information content (AvgIpc) is 3.02. The van der Waals surface area contributed by atoms with Gasteiger partial charge < -0.3 is 19.4 Å². The van der Waals surface area contributed by atoms with Crippen LogP contribution in [-0.2, 0) is 14.3 Å². The van der Waals surface area contributed by atoms with E-state index in [9.17, 15) is 9.59 Å². The van der Waals surface area contributed by atoms with Crippen LogP contribution in [0.3, 0.4) is 0 Å². The number of nitrogens with zero attached hydrogens (tertiary/aromatic N) is 3. The van der Waals surface area contributed by atoms with E-state index in [1.807, 2.05) is 4.90 Å². The molecule has 2 aliphatic rings. The fourth-order valence-electron chi connectivity index (χ4n) is 3.86. The fourth-order valence-corrected chi connectivity index (χ4v) is 3.86. The number of methoxy groups -OCH3 is 1. The maximum atomic E-state index is 12.8. The van der Waals surface area contributed by atoms with Crippen LogP contribution in [0.5, 0.6) is 0 Å². The Morgan fingerprint density at radius 2 is 1.92 bits per heavy atom. The molecule has 0 radical (unpaired) electrons. The van der Waals surface area contributed by atoms with E-state index in [-0.39, 0.29) is 17.7 Å². The summed E-state index contributed by atoms with van der Waals surface area (Å²) < 4.78 is 5.04. The van der Waals surface area contributed by atoms with Crippen molar-refractivity contribution in [1.29, 1.82) is 0 Å². The Balaban J connectivity index is 1.56. The first-order chi connectivity index (χ1) is 12.5. The van der Waals surface area contributed by atoms with Crippen LogP contribution in [0.4, 0.5) is 5.69 Å². The van der Waals surface area contributed by atoms with Gasteiger partial charge in [-0.3, -0.25) is 9.59 Å². The summed E-state index contributed by atoms with van der Waals surface area (Å²) in [5.74, 6) is -0.0140. The molecule has 2 amide bonds. The van der Waals surface area contributed by atoms with Crippen LogP contribution in [0, 0.1) is 19.8 Å². The molecular formula is C20H29N3O3. The number of benzene rings is 1.